The molecule has 0 saturated carbocycles. The fourth-order valence-electron chi connectivity index (χ4n) is 1.29. The summed E-state index contributed by atoms with van der Waals surface area (Å²) in [5.41, 5.74) is 1.85. The topological polar surface area (TPSA) is 34.1 Å². The number of Topliss-reactive ketones (excluding diaryl/α,β-unsaturated/α-hetero) is 1. The summed E-state index contributed by atoms with van der Waals surface area (Å²) in [5.74, 6) is 0.159. The molecule has 0 aliphatic carbocycles. The third kappa shape index (κ3) is 2.80. The van der Waals surface area contributed by atoms with Crippen LogP contribution in [-0.2, 0) is 11.2 Å². The molecule has 0 amide bonds. The van der Waals surface area contributed by atoms with E-state index in [1.165, 1.54) is 0 Å². The Hall–Kier alpha value is -1.44. The Bertz CT molecular complexity index is 312. The number of hydrogen-bond acceptors (Lipinski definition) is 2. The second-order valence-electron chi connectivity index (χ2n) is 3.18. The SMILES string of the molecule is CCC(=O)c1ccc(CCC=O)cc1. The van der Waals surface area contributed by atoms with Crippen LogP contribution in [0.5, 0.6) is 0 Å². The van der Waals surface area contributed by atoms with Gasteiger partial charge in [0.1, 0.15) is 6.29 Å². The van der Waals surface area contributed by atoms with Gasteiger partial charge in [0, 0.05) is 18.4 Å². The van der Waals surface area contributed by atoms with Crippen molar-refractivity contribution in [1.29, 1.82) is 0 Å². The standard InChI is InChI=1S/C12H14O2/c1-2-12(14)11-7-5-10(6-8-11)4-3-9-13/h5-9H,2-4H2,1H3. The lowest BCUT2D eigenvalue weighted by Gasteiger charge is -2.00. The molecular formula is C12H14O2. The highest BCUT2D eigenvalue weighted by atomic mass is 16.1. The predicted molar refractivity (Wildman–Crippen MR) is 55.4 cm³/mol. The molecule has 1 aromatic rings. The average molecular weight is 190 g/mol. The first-order chi connectivity index (χ1) is 6.77. The Morgan fingerprint density at radius 3 is 2.43 bits per heavy atom. The van der Waals surface area contributed by atoms with Crippen molar-refractivity contribution in [3.63, 3.8) is 0 Å². The van der Waals surface area contributed by atoms with Gasteiger partial charge in [0.05, 0.1) is 0 Å². The molecule has 0 bridgehead atoms. The molecule has 14 heavy (non-hydrogen) atoms. The van der Waals surface area contributed by atoms with Gasteiger partial charge in [-0.05, 0) is 12.0 Å². The summed E-state index contributed by atoms with van der Waals surface area (Å²) in [4.78, 5) is 21.4. The van der Waals surface area contributed by atoms with E-state index in [4.69, 9.17) is 0 Å². The van der Waals surface area contributed by atoms with Gasteiger partial charge in [-0.15, -0.1) is 0 Å². The van der Waals surface area contributed by atoms with E-state index in [1.807, 2.05) is 31.2 Å². The van der Waals surface area contributed by atoms with Crippen LogP contribution in [0.1, 0.15) is 35.7 Å². The van der Waals surface area contributed by atoms with Crippen LogP contribution in [0, 0.1) is 0 Å². The van der Waals surface area contributed by atoms with E-state index < -0.39 is 0 Å². The molecule has 0 fully saturated rings. The zero-order valence-electron chi connectivity index (χ0n) is 8.32. The van der Waals surface area contributed by atoms with E-state index in [0.29, 0.717) is 12.8 Å². The van der Waals surface area contributed by atoms with Gasteiger partial charge >= 0.3 is 0 Å². The number of hydrogen-bond donors (Lipinski definition) is 0. The molecule has 2 heteroatoms. The summed E-state index contributed by atoms with van der Waals surface area (Å²) in [7, 11) is 0. The summed E-state index contributed by atoms with van der Waals surface area (Å²) in [6, 6.07) is 7.47. The van der Waals surface area contributed by atoms with Crippen LogP contribution in [0.4, 0.5) is 0 Å². The van der Waals surface area contributed by atoms with Gasteiger partial charge in [-0.1, -0.05) is 31.2 Å². The van der Waals surface area contributed by atoms with Crippen LogP contribution in [0.15, 0.2) is 24.3 Å². The molecule has 0 aliphatic rings. The summed E-state index contributed by atoms with van der Waals surface area (Å²) in [6.45, 7) is 1.85. The smallest absolute Gasteiger partial charge is 0.162 e. The number of benzene rings is 1. The van der Waals surface area contributed by atoms with Crippen molar-refractivity contribution in [1.82, 2.24) is 0 Å². The molecular weight excluding hydrogens is 176 g/mol. The van der Waals surface area contributed by atoms with Crippen molar-refractivity contribution in [3.8, 4) is 0 Å². The van der Waals surface area contributed by atoms with Gasteiger partial charge in [-0.25, -0.2) is 0 Å². The molecule has 0 saturated heterocycles. The Morgan fingerprint density at radius 1 is 1.29 bits per heavy atom. The van der Waals surface area contributed by atoms with Crippen molar-refractivity contribution in [2.45, 2.75) is 26.2 Å². The molecule has 1 aromatic carbocycles. The van der Waals surface area contributed by atoms with E-state index in [0.717, 1.165) is 23.8 Å². The van der Waals surface area contributed by atoms with E-state index in [2.05, 4.69) is 0 Å². The second-order valence-corrected chi connectivity index (χ2v) is 3.18. The maximum Gasteiger partial charge on any atom is 0.162 e. The van der Waals surface area contributed by atoms with Crippen molar-refractivity contribution in [2.75, 3.05) is 0 Å². The maximum absolute atomic E-state index is 11.3. The Kier molecular flexibility index (Phi) is 4.05. The van der Waals surface area contributed by atoms with Gasteiger partial charge in [-0.3, -0.25) is 4.79 Å². The number of aryl methyl sites for hydroxylation is 1. The Balaban J connectivity index is 2.68. The molecule has 0 unspecified atom stereocenters. The maximum atomic E-state index is 11.3. The molecule has 2 nitrogen and oxygen atoms in total. The van der Waals surface area contributed by atoms with E-state index in [-0.39, 0.29) is 5.78 Å². The average Bonchev–Trinajstić information content (AvgIpc) is 2.26. The first kappa shape index (κ1) is 10.6. The molecule has 0 atom stereocenters. The van der Waals surface area contributed by atoms with Crippen LogP contribution in [-0.4, -0.2) is 12.1 Å². The molecule has 1 rings (SSSR count). The number of carbonyl (C=O) groups excluding carboxylic acids is 2. The van der Waals surface area contributed by atoms with Crippen LogP contribution in [0.3, 0.4) is 0 Å². The van der Waals surface area contributed by atoms with Crippen molar-refractivity contribution < 1.29 is 9.59 Å². The summed E-state index contributed by atoms with van der Waals surface area (Å²) >= 11 is 0. The Morgan fingerprint density at radius 2 is 1.93 bits per heavy atom. The largest absolute Gasteiger partial charge is 0.303 e. The van der Waals surface area contributed by atoms with Crippen molar-refractivity contribution >= 4 is 12.1 Å². The van der Waals surface area contributed by atoms with Gasteiger partial charge in [0.15, 0.2) is 5.78 Å². The lowest BCUT2D eigenvalue weighted by Crippen LogP contribution is -1.96. The fraction of sp³-hybridized carbons (Fsp3) is 0.333. The molecule has 0 heterocycles. The van der Waals surface area contributed by atoms with E-state index in [9.17, 15) is 9.59 Å². The fourth-order valence-corrected chi connectivity index (χ4v) is 1.29. The van der Waals surface area contributed by atoms with Gasteiger partial charge in [0.25, 0.3) is 0 Å². The first-order valence-electron chi connectivity index (χ1n) is 4.83. The summed E-state index contributed by atoms with van der Waals surface area (Å²) < 4.78 is 0. The molecule has 0 aliphatic heterocycles. The molecule has 0 spiro atoms. The zero-order valence-corrected chi connectivity index (χ0v) is 8.32. The number of carbonyl (C=O) groups is 2. The molecule has 0 radical (unpaired) electrons. The second kappa shape index (κ2) is 5.32. The monoisotopic (exact) mass is 190 g/mol. The van der Waals surface area contributed by atoms with Gasteiger partial charge in [-0.2, -0.15) is 0 Å². The highest BCUT2D eigenvalue weighted by molar-refractivity contribution is 5.95. The molecule has 0 N–H and O–H groups in total. The molecule has 74 valence electrons. The van der Waals surface area contributed by atoms with Gasteiger partial charge in [0.2, 0.25) is 0 Å². The molecule has 0 aromatic heterocycles. The number of rotatable bonds is 5. The third-order valence-electron chi connectivity index (χ3n) is 2.15. The van der Waals surface area contributed by atoms with Crippen LogP contribution in [0.2, 0.25) is 0 Å². The minimum absolute atomic E-state index is 0.159. The summed E-state index contributed by atoms with van der Waals surface area (Å²) in [6.07, 6.45) is 2.74. The zero-order chi connectivity index (χ0) is 10.4. The van der Waals surface area contributed by atoms with Crippen LogP contribution < -0.4 is 0 Å². The normalized spacial score (nSPS) is 9.79. The lowest BCUT2D eigenvalue weighted by molar-refractivity contribution is -0.107. The van der Waals surface area contributed by atoms with Crippen LogP contribution in [0.25, 0.3) is 0 Å². The number of aldehydes is 1. The van der Waals surface area contributed by atoms with Crippen molar-refractivity contribution in [2.24, 2.45) is 0 Å². The van der Waals surface area contributed by atoms with Crippen LogP contribution >= 0.6 is 0 Å². The quantitative estimate of drug-likeness (QED) is 0.527. The van der Waals surface area contributed by atoms with Gasteiger partial charge < -0.3 is 4.79 Å². The lowest BCUT2D eigenvalue weighted by atomic mass is 10.0. The first-order valence-corrected chi connectivity index (χ1v) is 4.83. The van der Waals surface area contributed by atoms with E-state index >= 15 is 0 Å². The predicted octanol–water partition coefficient (Wildman–Crippen LogP) is 2.41. The minimum atomic E-state index is 0.159. The Labute approximate surface area is 83.9 Å². The van der Waals surface area contributed by atoms with E-state index in [1.54, 1.807) is 0 Å². The third-order valence-corrected chi connectivity index (χ3v) is 2.15. The highest BCUT2D eigenvalue weighted by Crippen LogP contribution is 2.08. The summed E-state index contributed by atoms with van der Waals surface area (Å²) in [5, 5.41) is 0. The number of ketones is 1. The highest BCUT2D eigenvalue weighted by Gasteiger charge is 2.01. The van der Waals surface area contributed by atoms with Crippen molar-refractivity contribution in [3.05, 3.63) is 35.4 Å². The minimum Gasteiger partial charge on any atom is -0.303 e.